The summed E-state index contributed by atoms with van der Waals surface area (Å²) in [7, 11) is -0.649. The molecule has 0 amide bonds. The van der Waals surface area contributed by atoms with Crippen molar-refractivity contribution in [3.8, 4) is 0 Å². The van der Waals surface area contributed by atoms with Crippen molar-refractivity contribution in [3.63, 3.8) is 0 Å². The average molecular weight is 257 g/mol. The van der Waals surface area contributed by atoms with E-state index in [1.807, 2.05) is 0 Å². The molecule has 102 valence electrons. The molecule has 0 rings (SSSR count). The number of hydrogen-bond donors (Lipinski definition) is 0. The van der Waals surface area contributed by atoms with Gasteiger partial charge in [0.2, 0.25) is 0 Å². The second-order valence-electron chi connectivity index (χ2n) is 5.32. The summed E-state index contributed by atoms with van der Waals surface area (Å²) in [6.07, 6.45) is 19.3. The molecule has 0 aromatic carbocycles. The lowest BCUT2D eigenvalue weighted by molar-refractivity contribution is 0.836. The standard InChI is InChI=1S/C16H34P/c1-5-9-13-17(14-10-6-2,15-11-7-3)16-12-8-4/h5,9H,6-8,10-16H2,1-4H3/q+1/b9-5+. The minimum Gasteiger partial charge on any atom is -0.0881 e. The van der Waals surface area contributed by atoms with Crippen molar-refractivity contribution in [2.75, 3.05) is 24.6 Å². The molecule has 0 aliphatic rings. The normalized spacial score (nSPS) is 12.5. The van der Waals surface area contributed by atoms with Crippen LogP contribution < -0.4 is 0 Å². The summed E-state index contributed by atoms with van der Waals surface area (Å²) in [5, 5.41) is 0. The van der Waals surface area contributed by atoms with Gasteiger partial charge in [-0.25, -0.2) is 0 Å². The van der Waals surface area contributed by atoms with E-state index in [-0.39, 0.29) is 0 Å². The highest BCUT2D eigenvalue weighted by Gasteiger charge is 2.33. The van der Waals surface area contributed by atoms with Gasteiger partial charge in [-0.2, -0.15) is 0 Å². The van der Waals surface area contributed by atoms with Crippen LogP contribution in [0.1, 0.15) is 66.2 Å². The molecule has 0 aliphatic carbocycles. The van der Waals surface area contributed by atoms with Crippen molar-refractivity contribution in [2.45, 2.75) is 66.2 Å². The van der Waals surface area contributed by atoms with Crippen molar-refractivity contribution in [1.82, 2.24) is 0 Å². The molecule has 0 unspecified atom stereocenters. The maximum Gasteiger partial charge on any atom is 0.0773 e. The Kier molecular flexibility index (Phi) is 11.4. The molecule has 0 radical (unpaired) electrons. The first kappa shape index (κ1) is 17.2. The number of rotatable bonds is 11. The Hall–Kier alpha value is 0.170. The van der Waals surface area contributed by atoms with Crippen molar-refractivity contribution < 1.29 is 0 Å². The van der Waals surface area contributed by atoms with E-state index >= 15 is 0 Å². The van der Waals surface area contributed by atoms with E-state index in [1.165, 1.54) is 44.7 Å². The molecule has 17 heavy (non-hydrogen) atoms. The van der Waals surface area contributed by atoms with Gasteiger partial charge in [-0.1, -0.05) is 52.2 Å². The molecule has 0 atom stereocenters. The Labute approximate surface area is 111 Å². The van der Waals surface area contributed by atoms with E-state index in [0.717, 1.165) is 0 Å². The average Bonchev–Trinajstić information content (AvgIpc) is 2.37. The number of allylic oxidation sites excluding steroid dienone is 2. The molecule has 0 saturated heterocycles. The third-order valence-electron chi connectivity index (χ3n) is 3.69. The van der Waals surface area contributed by atoms with Gasteiger partial charge in [-0.15, -0.1) is 0 Å². The van der Waals surface area contributed by atoms with Crippen molar-refractivity contribution in [1.29, 1.82) is 0 Å². The van der Waals surface area contributed by atoms with Crippen LogP contribution in [0.4, 0.5) is 0 Å². The zero-order valence-electron chi connectivity index (χ0n) is 12.7. The highest BCUT2D eigenvalue weighted by molar-refractivity contribution is 7.76. The van der Waals surface area contributed by atoms with Gasteiger partial charge in [-0.05, 0) is 26.2 Å². The zero-order chi connectivity index (χ0) is 13.0. The zero-order valence-corrected chi connectivity index (χ0v) is 13.6. The topological polar surface area (TPSA) is 0 Å². The van der Waals surface area contributed by atoms with Crippen molar-refractivity contribution in [2.24, 2.45) is 0 Å². The van der Waals surface area contributed by atoms with Crippen LogP contribution in [0.3, 0.4) is 0 Å². The molecule has 0 aliphatic heterocycles. The minimum atomic E-state index is -0.649. The van der Waals surface area contributed by atoms with Crippen LogP contribution in [-0.2, 0) is 0 Å². The second kappa shape index (κ2) is 11.3. The van der Waals surface area contributed by atoms with Crippen LogP contribution in [0.15, 0.2) is 12.2 Å². The smallest absolute Gasteiger partial charge is 0.0773 e. The third kappa shape index (κ3) is 7.98. The number of hydrogen-bond acceptors (Lipinski definition) is 0. The van der Waals surface area contributed by atoms with Crippen LogP contribution in [0, 0.1) is 0 Å². The molecule has 0 saturated carbocycles. The first-order valence-corrected chi connectivity index (χ1v) is 10.2. The predicted octanol–water partition coefficient (Wildman–Crippen LogP) is 5.98. The lowest BCUT2D eigenvalue weighted by Gasteiger charge is -2.26. The van der Waals surface area contributed by atoms with Crippen LogP contribution >= 0.6 is 7.26 Å². The van der Waals surface area contributed by atoms with Gasteiger partial charge in [0.25, 0.3) is 0 Å². The first-order valence-electron chi connectivity index (χ1n) is 7.71. The van der Waals surface area contributed by atoms with Crippen molar-refractivity contribution >= 4 is 7.26 Å². The summed E-state index contributed by atoms with van der Waals surface area (Å²) < 4.78 is 0. The van der Waals surface area contributed by atoms with Crippen LogP contribution in [-0.4, -0.2) is 24.6 Å². The Balaban J connectivity index is 4.50. The molecule has 0 spiro atoms. The molecule has 0 bridgehead atoms. The fourth-order valence-electron chi connectivity index (χ4n) is 2.42. The van der Waals surface area contributed by atoms with E-state index in [2.05, 4.69) is 39.8 Å². The van der Waals surface area contributed by atoms with E-state index < -0.39 is 7.26 Å². The van der Waals surface area contributed by atoms with Crippen molar-refractivity contribution in [3.05, 3.63) is 12.2 Å². The third-order valence-corrected chi connectivity index (χ3v) is 8.47. The summed E-state index contributed by atoms with van der Waals surface area (Å²) in [5.41, 5.74) is 0. The quantitative estimate of drug-likeness (QED) is 0.315. The molecule has 0 heterocycles. The van der Waals surface area contributed by atoms with E-state index in [0.29, 0.717) is 0 Å². The van der Waals surface area contributed by atoms with Gasteiger partial charge in [0.1, 0.15) is 0 Å². The van der Waals surface area contributed by atoms with Crippen LogP contribution in [0.5, 0.6) is 0 Å². The fraction of sp³-hybridized carbons (Fsp3) is 0.875. The lowest BCUT2D eigenvalue weighted by atomic mass is 10.4. The fourth-order valence-corrected chi connectivity index (χ4v) is 7.26. The highest BCUT2D eigenvalue weighted by atomic mass is 31.2. The van der Waals surface area contributed by atoms with Gasteiger partial charge in [-0.3, -0.25) is 0 Å². The summed E-state index contributed by atoms with van der Waals surface area (Å²) in [5.74, 6) is 0. The van der Waals surface area contributed by atoms with Gasteiger partial charge in [0, 0.05) is 7.26 Å². The highest BCUT2D eigenvalue weighted by Crippen LogP contribution is 2.60. The van der Waals surface area contributed by atoms with E-state index in [1.54, 1.807) is 18.5 Å². The Bertz CT molecular complexity index is 162. The summed E-state index contributed by atoms with van der Waals surface area (Å²) >= 11 is 0. The largest absolute Gasteiger partial charge is 0.0881 e. The predicted molar refractivity (Wildman–Crippen MR) is 85.9 cm³/mol. The van der Waals surface area contributed by atoms with Crippen LogP contribution in [0.2, 0.25) is 0 Å². The summed E-state index contributed by atoms with van der Waals surface area (Å²) in [4.78, 5) is 0. The molecule has 0 aromatic rings. The Morgan fingerprint density at radius 2 is 1.18 bits per heavy atom. The summed E-state index contributed by atoms with van der Waals surface area (Å²) in [6, 6.07) is 0. The molecule has 0 nitrogen and oxygen atoms in total. The molecule has 1 heteroatoms. The first-order chi connectivity index (χ1) is 8.24. The summed E-state index contributed by atoms with van der Waals surface area (Å²) in [6.45, 7) is 9.19. The van der Waals surface area contributed by atoms with Gasteiger partial charge < -0.3 is 0 Å². The Morgan fingerprint density at radius 1 is 0.765 bits per heavy atom. The molecule has 0 aromatic heterocycles. The molecule has 0 N–H and O–H groups in total. The van der Waals surface area contributed by atoms with Gasteiger partial charge >= 0.3 is 0 Å². The maximum absolute atomic E-state index is 2.45. The SMILES string of the molecule is C/C=C/C[P+](CCCC)(CCCC)CCCC. The maximum atomic E-state index is 2.45. The molecule has 0 fully saturated rings. The lowest BCUT2D eigenvalue weighted by Crippen LogP contribution is -2.11. The van der Waals surface area contributed by atoms with Gasteiger partial charge in [0.15, 0.2) is 0 Å². The minimum absolute atomic E-state index is 0.649. The van der Waals surface area contributed by atoms with E-state index in [9.17, 15) is 0 Å². The monoisotopic (exact) mass is 257 g/mol. The van der Waals surface area contributed by atoms with Crippen LogP contribution in [0.25, 0.3) is 0 Å². The number of unbranched alkanes of at least 4 members (excludes halogenated alkanes) is 3. The van der Waals surface area contributed by atoms with E-state index in [4.69, 9.17) is 0 Å². The van der Waals surface area contributed by atoms with Gasteiger partial charge in [0.05, 0.1) is 24.6 Å². The second-order valence-corrected chi connectivity index (χ2v) is 9.71. The molecular weight excluding hydrogens is 223 g/mol. The molecular formula is C16H34P+. The Morgan fingerprint density at radius 3 is 1.47 bits per heavy atom.